The molecule has 2 fully saturated rings. The van der Waals surface area contributed by atoms with Gasteiger partial charge < -0.3 is 24.5 Å². The molecule has 1 saturated heterocycles. The van der Waals surface area contributed by atoms with Gasteiger partial charge in [-0.15, -0.1) is 0 Å². The Morgan fingerprint density at radius 1 is 1.13 bits per heavy atom. The van der Waals surface area contributed by atoms with Crippen molar-refractivity contribution in [2.24, 2.45) is 5.92 Å². The Kier molecular flexibility index (Phi) is 4.53. The minimum atomic E-state index is -0.902. The second-order valence-corrected chi connectivity index (χ2v) is 8.32. The first kappa shape index (κ1) is 19.7. The molecular weight excluding hydrogens is 400 g/mol. The summed E-state index contributed by atoms with van der Waals surface area (Å²) in [6, 6.07) is 10.4. The molecule has 160 valence electrons. The number of carboxylic acids is 1. The van der Waals surface area contributed by atoms with Crippen LogP contribution in [-0.4, -0.2) is 49.5 Å². The Morgan fingerprint density at radius 2 is 1.87 bits per heavy atom. The Labute approximate surface area is 178 Å². The quantitative estimate of drug-likeness (QED) is 0.664. The molecule has 9 nitrogen and oxygen atoms in total. The third-order valence-electron chi connectivity index (χ3n) is 5.89. The summed E-state index contributed by atoms with van der Waals surface area (Å²) in [6.45, 7) is 3.57. The van der Waals surface area contributed by atoms with Crippen LogP contribution in [0.15, 0.2) is 48.9 Å². The maximum Gasteiger partial charge on any atom is 0.309 e. The number of carbonyl (C=O) groups excluding carboxylic acids is 1. The average Bonchev–Trinajstić information content (AvgIpc) is 3.39. The molecule has 3 heterocycles. The average molecular weight is 422 g/mol. The Bertz CT molecular complexity index is 1160. The van der Waals surface area contributed by atoms with E-state index in [1.165, 1.54) is 6.33 Å². The van der Waals surface area contributed by atoms with Crippen molar-refractivity contribution in [1.82, 2.24) is 14.5 Å². The Hall–Kier alpha value is -3.30. The summed E-state index contributed by atoms with van der Waals surface area (Å²) in [7, 11) is 0. The summed E-state index contributed by atoms with van der Waals surface area (Å²) in [5, 5.41) is 13.2. The highest BCUT2D eigenvalue weighted by Crippen LogP contribution is 2.47. The van der Waals surface area contributed by atoms with Gasteiger partial charge >= 0.3 is 5.97 Å². The van der Waals surface area contributed by atoms with Gasteiger partial charge in [0.2, 0.25) is 0 Å². The van der Waals surface area contributed by atoms with E-state index >= 15 is 0 Å². The number of hydrogen-bond donors (Lipinski definition) is 2. The smallest absolute Gasteiger partial charge is 0.309 e. The van der Waals surface area contributed by atoms with Crippen LogP contribution in [0, 0.1) is 5.92 Å². The van der Waals surface area contributed by atoms with E-state index < -0.39 is 29.9 Å². The van der Waals surface area contributed by atoms with E-state index in [1.807, 2.05) is 22.9 Å². The normalized spacial score (nSPS) is 26.6. The van der Waals surface area contributed by atoms with E-state index in [0.717, 1.165) is 0 Å². The lowest BCUT2D eigenvalue weighted by Gasteiger charge is -2.23. The molecule has 1 amide bonds. The first-order valence-corrected chi connectivity index (χ1v) is 10.1. The maximum atomic E-state index is 12.6. The number of nitrogens with one attached hydrogen (secondary N) is 1. The predicted octanol–water partition coefficient (Wildman–Crippen LogP) is 2.85. The van der Waals surface area contributed by atoms with Crippen LogP contribution in [0.3, 0.4) is 0 Å². The van der Waals surface area contributed by atoms with Gasteiger partial charge in [0, 0.05) is 11.8 Å². The lowest BCUT2D eigenvalue weighted by molar-refractivity contribution is -0.167. The molecule has 9 heteroatoms. The number of carboxylic acid groups (broad SMARTS) is 1. The fourth-order valence-corrected chi connectivity index (χ4v) is 4.57. The number of nitrogens with zero attached hydrogens (tertiary/aromatic N) is 3. The molecule has 1 aromatic carbocycles. The SMILES string of the molecule is CC1(C)O[C@@H]2[C@H](O1)[C@@H](C(=O)O)C[C@H]2n1ccc2c(NC(=O)c3ccccc3)ncnc21. The van der Waals surface area contributed by atoms with Gasteiger partial charge in [0.25, 0.3) is 5.91 Å². The molecule has 0 spiro atoms. The topological polar surface area (TPSA) is 116 Å². The van der Waals surface area contributed by atoms with Crippen molar-refractivity contribution >= 4 is 28.7 Å². The molecule has 1 aliphatic carbocycles. The highest BCUT2D eigenvalue weighted by atomic mass is 16.8. The fourth-order valence-electron chi connectivity index (χ4n) is 4.57. The molecule has 4 atom stereocenters. The van der Waals surface area contributed by atoms with Gasteiger partial charge in [-0.1, -0.05) is 18.2 Å². The highest BCUT2D eigenvalue weighted by molar-refractivity contribution is 6.07. The molecule has 3 aromatic rings. The van der Waals surface area contributed by atoms with Crippen LogP contribution in [0.25, 0.3) is 11.0 Å². The molecule has 31 heavy (non-hydrogen) atoms. The summed E-state index contributed by atoms with van der Waals surface area (Å²) in [4.78, 5) is 33.0. The lowest BCUT2D eigenvalue weighted by Crippen LogP contribution is -2.30. The van der Waals surface area contributed by atoms with Crippen LogP contribution in [0.5, 0.6) is 0 Å². The predicted molar refractivity (Wildman–Crippen MR) is 111 cm³/mol. The van der Waals surface area contributed by atoms with Crippen LogP contribution in [0.1, 0.15) is 36.7 Å². The number of anilines is 1. The van der Waals surface area contributed by atoms with Crippen LogP contribution in [0.2, 0.25) is 0 Å². The molecule has 0 radical (unpaired) electrons. The van der Waals surface area contributed by atoms with E-state index in [1.54, 1.807) is 38.1 Å². The summed E-state index contributed by atoms with van der Waals surface area (Å²) >= 11 is 0. The molecule has 1 aliphatic heterocycles. The van der Waals surface area contributed by atoms with E-state index in [4.69, 9.17) is 9.47 Å². The number of fused-ring (bicyclic) bond motifs is 2. The number of aliphatic carboxylic acids is 1. The van der Waals surface area contributed by atoms with Gasteiger partial charge in [-0.2, -0.15) is 0 Å². The van der Waals surface area contributed by atoms with Gasteiger partial charge in [-0.25, -0.2) is 9.97 Å². The number of ether oxygens (including phenoxy) is 2. The third-order valence-corrected chi connectivity index (χ3v) is 5.89. The molecule has 2 aliphatic rings. The zero-order valence-electron chi connectivity index (χ0n) is 17.1. The van der Waals surface area contributed by atoms with Gasteiger partial charge in [-0.05, 0) is 38.5 Å². The molecular formula is C22H22N4O5. The van der Waals surface area contributed by atoms with Gasteiger partial charge in [0.15, 0.2) is 5.79 Å². The summed E-state index contributed by atoms with van der Waals surface area (Å²) in [5.74, 6) is -2.30. The number of rotatable bonds is 4. The second-order valence-electron chi connectivity index (χ2n) is 8.32. The first-order chi connectivity index (χ1) is 14.8. The van der Waals surface area contributed by atoms with Gasteiger partial charge in [-0.3, -0.25) is 9.59 Å². The largest absolute Gasteiger partial charge is 0.481 e. The summed E-state index contributed by atoms with van der Waals surface area (Å²) in [6.07, 6.45) is 2.63. The molecule has 2 N–H and O–H groups in total. The molecule has 2 aromatic heterocycles. The first-order valence-electron chi connectivity index (χ1n) is 10.1. The van der Waals surface area contributed by atoms with E-state index in [2.05, 4.69) is 15.3 Å². The Morgan fingerprint density at radius 3 is 2.61 bits per heavy atom. The molecule has 5 rings (SSSR count). The zero-order chi connectivity index (χ0) is 21.8. The van der Waals surface area contributed by atoms with Crippen molar-refractivity contribution < 1.29 is 24.2 Å². The summed E-state index contributed by atoms with van der Waals surface area (Å²) in [5.41, 5.74) is 1.12. The maximum absolute atomic E-state index is 12.6. The van der Waals surface area contributed by atoms with Crippen molar-refractivity contribution in [1.29, 1.82) is 0 Å². The second kappa shape index (κ2) is 7.14. The number of benzene rings is 1. The summed E-state index contributed by atoms with van der Waals surface area (Å²) < 4.78 is 13.9. The van der Waals surface area contributed by atoms with E-state index in [0.29, 0.717) is 28.8 Å². The van der Waals surface area contributed by atoms with Crippen LogP contribution >= 0.6 is 0 Å². The third kappa shape index (κ3) is 3.35. The Balaban J connectivity index is 1.49. The fraction of sp³-hybridized carbons (Fsp3) is 0.364. The van der Waals surface area contributed by atoms with Crippen LogP contribution in [-0.2, 0) is 14.3 Å². The minimum absolute atomic E-state index is 0.266. The van der Waals surface area contributed by atoms with E-state index in [9.17, 15) is 14.7 Å². The van der Waals surface area contributed by atoms with Gasteiger partial charge in [0.1, 0.15) is 30.0 Å². The van der Waals surface area contributed by atoms with Crippen molar-refractivity contribution in [3.63, 3.8) is 0 Å². The molecule has 0 unspecified atom stereocenters. The zero-order valence-corrected chi connectivity index (χ0v) is 17.1. The van der Waals surface area contributed by atoms with Crippen molar-refractivity contribution in [3.05, 3.63) is 54.5 Å². The standard InChI is InChI=1S/C22H22N4O5/c1-22(2)30-16-14(21(28)29)10-15(17(16)31-22)26-9-8-13-18(23-11-24-19(13)26)25-20(27)12-6-4-3-5-7-12/h3-9,11,14-17H,10H2,1-2H3,(H,28,29)(H,23,24,25,27)/t14-,15+,16+,17-/m0/s1. The number of aromatic nitrogens is 3. The van der Waals surface area contributed by atoms with Crippen LogP contribution < -0.4 is 5.32 Å². The van der Waals surface area contributed by atoms with Crippen molar-refractivity contribution in [2.75, 3.05) is 5.32 Å². The van der Waals surface area contributed by atoms with Crippen molar-refractivity contribution in [3.8, 4) is 0 Å². The number of carbonyl (C=O) groups is 2. The van der Waals surface area contributed by atoms with Crippen LogP contribution in [0.4, 0.5) is 5.82 Å². The number of amides is 1. The van der Waals surface area contributed by atoms with E-state index in [-0.39, 0.29) is 11.9 Å². The molecule has 1 saturated carbocycles. The molecule has 0 bridgehead atoms. The van der Waals surface area contributed by atoms with Crippen molar-refractivity contribution in [2.45, 2.75) is 44.3 Å². The highest BCUT2D eigenvalue weighted by Gasteiger charge is 2.57. The monoisotopic (exact) mass is 422 g/mol. The minimum Gasteiger partial charge on any atom is -0.481 e. The van der Waals surface area contributed by atoms with Gasteiger partial charge in [0.05, 0.1) is 17.3 Å². The number of hydrogen-bond acceptors (Lipinski definition) is 6. The lowest BCUT2D eigenvalue weighted by atomic mass is 10.1.